The molecule has 4 nitrogen and oxygen atoms in total. The van der Waals surface area contributed by atoms with Crippen LogP contribution in [0.15, 0.2) is 24.3 Å². The van der Waals surface area contributed by atoms with Gasteiger partial charge >= 0.3 is 0 Å². The number of ether oxygens (including phenoxy) is 1. The van der Waals surface area contributed by atoms with Crippen molar-refractivity contribution in [1.29, 1.82) is 0 Å². The summed E-state index contributed by atoms with van der Waals surface area (Å²) in [5, 5.41) is 9.39. The molecule has 1 aliphatic heterocycles. The molecule has 4 heteroatoms. The Kier molecular flexibility index (Phi) is 4.36. The summed E-state index contributed by atoms with van der Waals surface area (Å²) >= 11 is 0. The summed E-state index contributed by atoms with van der Waals surface area (Å²) in [4.78, 5) is 2.22. The van der Waals surface area contributed by atoms with E-state index in [2.05, 4.69) is 4.90 Å². The number of aliphatic hydroxyl groups excluding tert-OH is 1. The van der Waals surface area contributed by atoms with Crippen LogP contribution < -0.4 is 10.5 Å². The van der Waals surface area contributed by atoms with E-state index in [9.17, 15) is 5.11 Å². The lowest BCUT2D eigenvalue weighted by Crippen LogP contribution is -2.27. The van der Waals surface area contributed by atoms with E-state index < -0.39 is 0 Å². The molecule has 0 radical (unpaired) electrons. The first-order valence-electron chi connectivity index (χ1n) is 6.10. The second-order valence-corrected chi connectivity index (χ2v) is 4.44. The molecule has 3 N–H and O–H groups in total. The molecule has 1 aromatic carbocycles. The summed E-state index contributed by atoms with van der Waals surface area (Å²) in [5.74, 6) is 0.868. The Labute approximate surface area is 102 Å². The lowest BCUT2D eigenvalue weighted by molar-refractivity contribution is 0.167. The number of likely N-dealkylation sites (tertiary alicyclic amines) is 1. The molecule has 0 spiro atoms. The Balaban J connectivity index is 1.74. The van der Waals surface area contributed by atoms with E-state index in [0.29, 0.717) is 13.2 Å². The van der Waals surface area contributed by atoms with E-state index in [4.69, 9.17) is 10.5 Å². The largest absolute Gasteiger partial charge is 0.492 e. The Bertz CT molecular complexity index is 357. The highest BCUT2D eigenvalue weighted by Gasteiger charge is 2.19. The van der Waals surface area contributed by atoms with Crippen molar-refractivity contribution in [1.82, 2.24) is 4.90 Å². The van der Waals surface area contributed by atoms with Crippen molar-refractivity contribution in [3.8, 4) is 5.75 Å². The van der Waals surface area contributed by atoms with Crippen molar-refractivity contribution in [2.75, 3.05) is 26.2 Å². The van der Waals surface area contributed by atoms with Gasteiger partial charge in [0.2, 0.25) is 0 Å². The lowest BCUT2D eigenvalue weighted by Gasteiger charge is -2.15. The topological polar surface area (TPSA) is 58.7 Å². The monoisotopic (exact) mass is 236 g/mol. The minimum absolute atomic E-state index is 0.157. The summed E-state index contributed by atoms with van der Waals surface area (Å²) in [6, 6.07) is 7.86. The molecule has 17 heavy (non-hydrogen) atoms. The molecule has 0 aromatic heterocycles. The van der Waals surface area contributed by atoms with E-state index in [-0.39, 0.29) is 6.10 Å². The van der Waals surface area contributed by atoms with E-state index in [0.717, 1.165) is 37.4 Å². The molecular formula is C13H20N2O2. The Morgan fingerprint density at radius 3 is 3.06 bits per heavy atom. The zero-order valence-corrected chi connectivity index (χ0v) is 10.0. The van der Waals surface area contributed by atoms with Crippen molar-refractivity contribution in [3.63, 3.8) is 0 Å². The standard InChI is InChI=1S/C13H20N2O2/c14-9-11-2-1-3-13(8-11)17-7-6-15-5-4-12(16)10-15/h1-3,8,12,16H,4-7,9-10,14H2. The van der Waals surface area contributed by atoms with E-state index >= 15 is 0 Å². The maximum atomic E-state index is 9.39. The molecule has 1 heterocycles. The predicted molar refractivity (Wildman–Crippen MR) is 66.9 cm³/mol. The van der Waals surface area contributed by atoms with E-state index in [1.165, 1.54) is 0 Å². The number of nitrogens with two attached hydrogens (primary N) is 1. The fraction of sp³-hybridized carbons (Fsp3) is 0.538. The number of nitrogens with zero attached hydrogens (tertiary/aromatic N) is 1. The van der Waals surface area contributed by atoms with Gasteiger partial charge in [-0.15, -0.1) is 0 Å². The van der Waals surface area contributed by atoms with Crippen LogP contribution in [0.3, 0.4) is 0 Å². The molecule has 0 saturated carbocycles. The zero-order valence-electron chi connectivity index (χ0n) is 10.0. The summed E-state index contributed by atoms with van der Waals surface area (Å²) in [6.07, 6.45) is 0.721. The van der Waals surface area contributed by atoms with Crippen molar-refractivity contribution < 1.29 is 9.84 Å². The van der Waals surface area contributed by atoms with Crippen molar-refractivity contribution in [3.05, 3.63) is 29.8 Å². The maximum absolute atomic E-state index is 9.39. The van der Waals surface area contributed by atoms with Crippen LogP contribution >= 0.6 is 0 Å². The molecule has 1 aliphatic rings. The smallest absolute Gasteiger partial charge is 0.119 e. The van der Waals surface area contributed by atoms with Crippen molar-refractivity contribution in [2.45, 2.75) is 19.1 Å². The van der Waals surface area contributed by atoms with Gasteiger partial charge in [-0.25, -0.2) is 0 Å². The van der Waals surface area contributed by atoms with Gasteiger partial charge in [-0.3, -0.25) is 4.90 Å². The fourth-order valence-corrected chi connectivity index (χ4v) is 2.07. The molecule has 0 bridgehead atoms. The first-order chi connectivity index (χ1) is 8.28. The predicted octanol–water partition coefficient (Wildman–Crippen LogP) is 0.591. The number of hydrogen-bond donors (Lipinski definition) is 2. The fourth-order valence-electron chi connectivity index (χ4n) is 2.07. The Hall–Kier alpha value is -1.10. The minimum Gasteiger partial charge on any atom is -0.492 e. The molecule has 2 rings (SSSR count). The number of aliphatic hydroxyl groups is 1. The van der Waals surface area contributed by atoms with Gasteiger partial charge in [0.1, 0.15) is 12.4 Å². The van der Waals surface area contributed by atoms with Crippen LogP contribution in [0, 0.1) is 0 Å². The van der Waals surface area contributed by atoms with Crippen LogP contribution in [-0.2, 0) is 6.54 Å². The highest BCUT2D eigenvalue weighted by molar-refractivity contribution is 5.28. The normalized spacial score (nSPS) is 20.7. The molecule has 0 aliphatic carbocycles. The summed E-state index contributed by atoms with van der Waals surface area (Å²) in [7, 11) is 0. The average Bonchev–Trinajstić information content (AvgIpc) is 2.75. The highest BCUT2D eigenvalue weighted by atomic mass is 16.5. The van der Waals surface area contributed by atoms with Crippen LogP contribution in [0.1, 0.15) is 12.0 Å². The minimum atomic E-state index is -0.157. The second kappa shape index (κ2) is 6.00. The van der Waals surface area contributed by atoms with Gasteiger partial charge in [0.05, 0.1) is 6.10 Å². The van der Waals surface area contributed by atoms with E-state index in [1.807, 2.05) is 24.3 Å². The molecule has 1 saturated heterocycles. The summed E-state index contributed by atoms with van der Waals surface area (Å²) < 4.78 is 5.67. The first-order valence-corrected chi connectivity index (χ1v) is 6.10. The van der Waals surface area contributed by atoms with Crippen LogP contribution in [-0.4, -0.2) is 42.4 Å². The van der Waals surface area contributed by atoms with Crippen LogP contribution in [0.25, 0.3) is 0 Å². The van der Waals surface area contributed by atoms with Gasteiger partial charge in [0.25, 0.3) is 0 Å². The third-order valence-corrected chi connectivity index (χ3v) is 3.06. The number of hydrogen-bond acceptors (Lipinski definition) is 4. The quantitative estimate of drug-likeness (QED) is 0.785. The first kappa shape index (κ1) is 12.4. The average molecular weight is 236 g/mol. The molecule has 1 atom stereocenters. The van der Waals surface area contributed by atoms with Gasteiger partial charge < -0.3 is 15.6 Å². The van der Waals surface area contributed by atoms with Gasteiger partial charge in [0.15, 0.2) is 0 Å². The van der Waals surface area contributed by atoms with Crippen molar-refractivity contribution in [2.24, 2.45) is 5.73 Å². The van der Waals surface area contributed by atoms with Crippen LogP contribution in [0.4, 0.5) is 0 Å². The molecule has 1 aromatic rings. The van der Waals surface area contributed by atoms with Crippen LogP contribution in [0.5, 0.6) is 5.75 Å². The van der Waals surface area contributed by atoms with Crippen molar-refractivity contribution >= 4 is 0 Å². The number of β-amino-alcohol motifs (C(OH)–C–C–N with tert-alkyl or cyclic N) is 1. The van der Waals surface area contributed by atoms with Gasteiger partial charge in [-0.1, -0.05) is 12.1 Å². The molecular weight excluding hydrogens is 216 g/mol. The summed E-state index contributed by atoms with van der Waals surface area (Å²) in [5.41, 5.74) is 6.65. The Morgan fingerprint density at radius 1 is 1.47 bits per heavy atom. The third kappa shape index (κ3) is 3.70. The highest BCUT2D eigenvalue weighted by Crippen LogP contribution is 2.13. The lowest BCUT2D eigenvalue weighted by atomic mass is 10.2. The molecule has 94 valence electrons. The van der Waals surface area contributed by atoms with Gasteiger partial charge in [-0.2, -0.15) is 0 Å². The third-order valence-electron chi connectivity index (χ3n) is 3.06. The molecule has 1 fully saturated rings. The summed E-state index contributed by atoms with van der Waals surface area (Å²) in [6.45, 7) is 3.79. The Morgan fingerprint density at radius 2 is 2.35 bits per heavy atom. The maximum Gasteiger partial charge on any atom is 0.119 e. The van der Waals surface area contributed by atoms with Gasteiger partial charge in [0, 0.05) is 26.2 Å². The molecule has 0 amide bonds. The number of benzene rings is 1. The zero-order chi connectivity index (χ0) is 12.1. The molecule has 1 unspecified atom stereocenters. The van der Waals surface area contributed by atoms with E-state index in [1.54, 1.807) is 0 Å². The number of rotatable bonds is 5. The van der Waals surface area contributed by atoms with Crippen LogP contribution in [0.2, 0.25) is 0 Å². The SMILES string of the molecule is NCc1cccc(OCCN2CCC(O)C2)c1. The van der Waals surface area contributed by atoms with Gasteiger partial charge in [-0.05, 0) is 24.1 Å². The second-order valence-electron chi connectivity index (χ2n) is 4.44.